The average Bonchev–Trinajstić information content (AvgIpc) is 2.45. The predicted octanol–water partition coefficient (Wildman–Crippen LogP) is 4.97. The summed E-state index contributed by atoms with van der Waals surface area (Å²) < 4.78 is 6.46. The first-order chi connectivity index (χ1) is 10.1. The second-order valence-corrected chi connectivity index (χ2v) is 6.56. The summed E-state index contributed by atoms with van der Waals surface area (Å²) in [5.41, 5.74) is 0.293. The van der Waals surface area contributed by atoms with E-state index in [-0.39, 0.29) is 0 Å². The van der Waals surface area contributed by atoms with Crippen LogP contribution in [0.5, 0.6) is 5.75 Å². The van der Waals surface area contributed by atoms with Gasteiger partial charge in [-0.1, -0.05) is 17.7 Å². The van der Waals surface area contributed by atoms with Crippen molar-refractivity contribution in [2.24, 2.45) is 0 Å². The molecule has 0 heterocycles. The van der Waals surface area contributed by atoms with Gasteiger partial charge in [-0.25, -0.2) is 4.79 Å². The molecule has 0 radical (unpaired) electrons. The lowest BCUT2D eigenvalue weighted by molar-refractivity contribution is 0.0696. The SMILES string of the molecule is O=C(O)c1cccc(SCCOc2ccc(Cl)cc2Br)c1. The van der Waals surface area contributed by atoms with Crippen LogP contribution in [0.15, 0.2) is 51.8 Å². The van der Waals surface area contributed by atoms with Crippen LogP contribution in [0.2, 0.25) is 5.02 Å². The van der Waals surface area contributed by atoms with Crippen molar-refractivity contribution >= 4 is 45.3 Å². The largest absolute Gasteiger partial charge is 0.492 e. The molecular weight excluding hydrogens is 376 g/mol. The molecule has 0 bridgehead atoms. The molecule has 6 heteroatoms. The van der Waals surface area contributed by atoms with E-state index in [0.29, 0.717) is 17.2 Å². The van der Waals surface area contributed by atoms with E-state index >= 15 is 0 Å². The van der Waals surface area contributed by atoms with Gasteiger partial charge in [0, 0.05) is 15.7 Å². The zero-order valence-corrected chi connectivity index (χ0v) is 14.0. The third-order valence-corrected chi connectivity index (χ3v) is 4.40. The Kier molecular flexibility index (Phi) is 5.96. The van der Waals surface area contributed by atoms with Gasteiger partial charge in [0.05, 0.1) is 16.6 Å². The molecule has 0 atom stereocenters. The molecule has 2 rings (SSSR count). The lowest BCUT2D eigenvalue weighted by atomic mass is 10.2. The maximum Gasteiger partial charge on any atom is 0.335 e. The van der Waals surface area contributed by atoms with Crippen LogP contribution in [-0.2, 0) is 0 Å². The summed E-state index contributed by atoms with van der Waals surface area (Å²) in [6, 6.07) is 12.2. The Morgan fingerprint density at radius 3 is 2.81 bits per heavy atom. The Bertz CT molecular complexity index is 649. The van der Waals surface area contributed by atoms with Gasteiger partial charge >= 0.3 is 5.97 Å². The van der Waals surface area contributed by atoms with E-state index in [2.05, 4.69) is 15.9 Å². The van der Waals surface area contributed by atoms with E-state index in [4.69, 9.17) is 21.4 Å². The molecule has 1 N–H and O–H groups in total. The number of carboxylic acid groups (broad SMARTS) is 1. The number of halogens is 2. The fourth-order valence-corrected chi connectivity index (χ4v) is 3.21. The average molecular weight is 388 g/mol. The first-order valence-electron chi connectivity index (χ1n) is 6.10. The summed E-state index contributed by atoms with van der Waals surface area (Å²) in [4.78, 5) is 11.8. The van der Waals surface area contributed by atoms with Crippen molar-refractivity contribution in [1.29, 1.82) is 0 Å². The summed E-state index contributed by atoms with van der Waals surface area (Å²) >= 11 is 10.8. The number of rotatable bonds is 6. The van der Waals surface area contributed by atoms with Crippen LogP contribution in [0, 0.1) is 0 Å². The molecule has 0 aliphatic carbocycles. The number of carboxylic acids is 1. The highest BCUT2D eigenvalue weighted by molar-refractivity contribution is 9.10. The van der Waals surface area contributed by atoms with Crippen molar-refractivity contribution in [2.75, 3.05) is 12.4 Å². The lowest BCUT2D eigenvalue weighted by Gasteiger charge is -2.08. The van der Waals surface area contributed by atoms with Crippen molar-refractivity contribution < 1.29 is 14.6 Å². The number of aromatic carboxylic acids is 1. The summed E-state index contributed by atoms with van der Waals surface area (Å²) in [7, 11) is 0. The van der Waals surface area contributed by atoms with Crippen LogP contribution in [-0.4, -0.2) is 23.4 Å². The van der Waals surface area contributed by atoms with Crippen molar-refractivity contribution in [2.45, 2.75) is 4.90 Å². The van der Waals surface area contributed by atoms with Gasteiger partial charge in [0.15, 0.2) is 0 Å². The number of benzene rings is 2. The Morgan fingerprint density at radius 2 is 2.10 bits per heavy atom. The predicted molar refractivity (Wildman–Crippen MR) is 88.8 cm³/mol. The Morgan fingerprint density at radius 1 is 1.29 bits per heavy atom. The Balaban J connectivity index is 1.84. The van der Waals surface area contributed by atoms with Gasteiger partial charge < -0.3 is 9.84 Å². The Labute approximate surface area is 140 Å². The van der Waals surface area contributed by atoms with Gasteiger partial charge in [0.1, 0.15) is 5.75 Å². The molecule has 0 aromatic heterocycles. The van der Waals surface area contributed by atoms with E-state index in [9.17, 15) is 4.79 Å². The first kappa shape index (κ1) is 16.2. The smallest absolute Gasteiger partial charge is 0.335 e. The highest BCUT2D eigenvalue weighted by atomic mass is 79.9. The van der Waals surface area contributed by atoms with Crippen molar-refractivity contribution in [3.05, 3.63) is 57.5 Å². The number of ether oxygens (including phenoxy) is 1. The minimum absolute atomic E-state index is 0.293. The molecule has 0 spiro atoms. The maximum atomic E-state index is 10.9. The van der Waals surface area contributed by atoms with Gasteiger partial charge in [0.2, 0.25) is 0 Å². The zero-order chi connectivity index (χ0) is 15.2. The number of hydrogen-bond acceptors (Lipinski definition) is 3. The molecular formula is C15H12BrClO3S. The van der Waals surface area contributed by atoms with Crippen LogP contribution < -0.4 is 4.74 Å². The molecule has 2 aromatic carbocycles. The normalized spacial score (nSPS) is 10.4. The van der Waals surface area contributed by atoms with Crippen LogP contribution in [0.1, 0.15) is 10.4 Å². The fraction of sp³-hybridized carbons (Fsp3) is 0.133. The van der Waals surface area contributed by atoms with Crippen molar-refractivity contribution in [3.8, 4) is 5.75 Å². The topological polar surface area (TPSA) is 46.5 Å². The zero-order valence-electron chi connectivity index (χ0n) is 10.9. The minimum atomic E-state index is -0.918. The highest BCUT2D eigenvalue weighted by Crippen LogP contribution is 2.28. The summed E-state index contributed by atoms with van der Waals surface area (Å²) in [6.45, 7) is 0.516. The van der Waals surface area contributed by atoms with Crippen LogP contribution in [0.25, 0.3) is 0 Å². The van der Waals surface area contributed by atoms with Gasteiger partial charge in [-0.05, 0) is 52.3 Å². The molecule has 2 aromatic rings. The summed E-state index contributed by atoms with van der Waals surface area (Å²) in [6.07, 6.45) is 0. The molecule has 21 heavy (non-hydrogen) atoms. The maximum absolute atomic E-state index is 10.9. The van der Waals surface area contributed by atoms with Gasteiger partial charge in [-0.2, -0.15) is 0 Å². The molecule has 0 aliphatic rings. The third kappa shape index (κ3) is 4.95. The molecule has 0 saturated carbocycles. The van der Waals surface area contributed by atoms with Crippen LogP contribution >= 0.6 is 39.3 Å². The van der Waals surface area contributed by atoms with E-state index in [1.165, 1.54) is 0 Å². The number of carbonyl (C=O) groups is 1. The molecule has 110 valence electrons. The van der Waals surface area contributed by atoms with Crippen molar-refractivity contribution in [1.82, 2.24) is 0 Å². The van der Waals surface area contributed by atoms with E-state index < -0.39 is 5.97 Å². The number of hydrogen-bond donors (Lipinski definition) is 1. The fourth-order valence-electron chi connectivity index (χ4n) is 1.62. The van der Waals surface area contributed by atoms with Crippen LogP contribution in [0.4, 0.5) is 0 Å². The van der Waals surface area contributed by atoms with Crippen molar-refractivity contribution in [3.63, 3.8) is 0 Å². The van der Waals surface area contributed by atoms with E-state index in [1.54, 1.807) is 42.1 Å². The molecule has 0 aliphatic heterocycles. The molecule has 0 fully saturated rings. The molecule has 0 saturated heterocycles. The summed E-state index contributed by atoms with van der Waals surface area (Å²) in [5.74, 6) is 0.538. The second kappa shape index (κ2) is 7.73. The molecule has 0 unspecified atom stereocenters. The second-order valence-electron chi connectivity index (χ2n) is 4.10. The van der Waals surface area contributed by atoms with Gasteiger partial charge in [0.25, 0.3) is 0 Å². The Hall–Kier alpha value is -1.17. The van der Waals surface area contributed by atoms with Gasteiger partial charge in [-0.3, -0.25) is 0 Å². The number of thioether (sulfide) groups is 1. The standard InChI is InChI=1S/C15H12BrClO3S/c16-13-9-11(17)4-5-14(13)20-6-7-21-12-3-1-2-10(8-12)15(18)19/h1-5,8-9H,6-7H2,(H,18,19). The highest BCUT2D eigenvalue weighted by Gasteiger charge is 2.04. The first-order valence-corrected chi connectivity index (χ1v) is 8.26. The third-order valence-electron chi connectivity index (χ3n) is 2.58. The van der Waals surface area contributed by atoms with E-state index in [0.717, 1.165) is 20.9 Å². The quantitative estimate of drug-likeness (QED) is 0.561. The van der Waals surface area contributed by atoms with E-state index in [1.807, 2.05) is 12.1 Å². The lowest BCUT2D eigenvalue weighted by Crippen LogP contribution is -2.01. The van der Waals surface area contributed by atoms with Gasteiger partial charge in [-0.15, -0.1) is 11.8 Å². The minimum Gasteiger partial charge on any atom is -0.492 e. The monoisotopic (exact) mass is 386 g/mol. The molecule has 0 amide bonds. The molecule has 3 nitrogen and oxygen atoms in total. The van der Waals surface area contributed by atoms with Crippen LogP contribution in [0.3, 0.4) is 0 Å². The summed E-state index contributed by atoms with van der Waals surface area (Å²) in [5, 5.41) is 9.58.